The van der Waals surface area contributed by atoms with Crippen molar-refractivity contribution < 1.29 is 4.74 Å². The number of nitrogens with one attached hydrogen (secondary N) is 1. The third-order valence-electron chi connectivity index (χ3n) is 3.52. The molecule has 1 N–H and O–H groups in total. The van der Waals surface area contributed by atoms with Gasteiger partial charge in [0.2, 0.25) is 0 Å². The van der Waals surface area contributed by atoms with Crippen molar-refractivity contribution in [2.45, 2.75) is 12.5 Å². The molecule has 21 heavy (non-hydrogen) atoms. The van der Waals surface area contributed by atoms with E-state index in [-0.39, 0.29) is 6.04 Å². The Kier molecular flexibility index (Phi) is 4.04. The molecule has 3 rings (SSSR count). The summed E-state index contributed by atoms with van der Waals surface area (Å²) in [4.78, 5) is 0. The van der Waals surface area contributed by atoms with Crippen LogP contribution in [0.5, 0.6) is 5.75 Å². The average Bonchev–Trinajstić information content (AvgIpc) is 2.97. The molecule has 0 radical (unpaired) electrons. The summed E-state index contributed by atoms with van der Waals surface area (Å²) in [6.45, 7) is 0. The van der Waals surface area contributed by atoms with E-state index in [0.29, 0.717) is 10.0 Å². The predicted octanol–water partition coefficient (Wildman–Crippen LogP) is 4.44. The molecule has 1 unspecified atom stereocenters. The van der Waals surface area contributed by atoms with Crippen molar-refractivity contribution in [1.29, 1.82) is 0 Å². The molecule has 0 spiro atoms. The van der Waals surface area contributed by atoms with E-state index < -0.39 is 0 Å². The van der Waals surface area contributed by atoms with Crippen molar-refractivity contribution in [1.82, 2.24) is 5.43 Å². The number of halogens is 2. The predicted molar refractivity (Wildman–Crippen MR) is 86.5 cm³/mol. The molecule has 108 valence electrons. The van der Waals surface area contributed by atoms with Crippen LogP contribution < -0.4 is 10.2 Å². The van der Waals surface area contributed by atoms with Gasteiger partial charge in [-0.2, -0.15) is 5.10 Å². The zero-order valence-corrected chi connectivity index (χ0v) is 12.9. The highest BCUT2D eigenvalue weighted by molar-refractivity contribution is 6.36. The van der Waals surface area contributed by atoms with Gasteiger partial charge in [-0.3, -0.25) is 0 Å². The zero-order chi connectivity index (χ0) is 14.8. The average molecular weight is 321 g/mol. The maximum Gasteiger partial charge on any atom is 0.118 e. The number of benzene rings is 2. The third kappa shape index (κ3) is 2.85. The van der Waals surface area contributed by atoms with Crippen LogP contribution in [-0.2, 0) is 0 Å². The molecule has 0 saturated carbocycles. The molecule has 0 aliphatic carbocycles. The third-order valence-corrected chi connectivity index (χ3v) is 4.18. The molecule has 0 amide bonds. The fraction of sp³-hybridized carbons (Fsp3) is 0.188. The van der Waals surface area contributed by atoms with Crippen LogP contribution in [0.2, 0.25) is 10.0 Å². The van der Waals surface area contributed by atoms with E-state index in [0.717, 1.165) is 29.0 Å². The first-order valence-electron chi connectivity index (χ1n) is 6.59. The second-order valence-electron chi connectivity index (χ2n) is 4.81. The Morgan fingerprint density at radius 2 is 1.76 bits per heavy atom. The van der Waals surface area contributed by atoms with E-state index in [2.05, 4.69) is 10.5 Å². The minimum absolute atomic E-state index is 0.00306. The highest BCUT2D eigenvalue weighted by Gasteiger charge is 2.25. The lowest BCUT2D eigenvalue weighted by molar-refractivity contribution is 0.415. The summed E-state index contributed by atoms with van der Waals surface area (Å²) in [6.07, 6.45) is 0.746. The van der Waals surface area contributed by atoms with Crippen LogP contribution in [0.1, 0.15) is 23.6 Å². The highest BCUT2D eigenvalue weighted by atomic mass is 35.5. The SMILES string of the molecule is COc1ccc(C2=NNC(c3c(Cl)cccc3Cl)C2)cc1. The fourth-order valence-electron chi connectivity index (χ4n) is 2.42. The molecular weight excluding hydrogens is 307 g/mol. The molecule has 0 aromatic heterocycles. The number of rotatable bonds is 3. The molecule has 1 atom stereocenters. The van der Waals surface area contributed by atoms with Gasteiger partial charge in [0.15, 0.2) is 0 Å². The Morgan fingerprint density at radius 1 is 1.10 bits per heavy atom. The lowest BCUT2D eigenvalue weighted by Crippen LogP contribution is -2.11. The number of hydrogen-bond donors (Lipinski definition) is 1. The van der Waals surface area contributed by atoms with Crippen LogP contribution in [-0.4, -0.2) is 12.8 Å². The first-order valence-corrected chi connectivity index (χ1v) is 7.35. The highest BCUT2D eigenvalue weighted by Crippen LogP contribution is 2.34. The lowest BCUT2D eigenvalue weighted by Gasteiger charge is -2.14. The van der Waals surface area contributed by atoms with Crippen molar-refractivity contribution in [3.05, 3.63) is 63.6 Å². The Balaban J connectivity index is 1.81. The summed E-state index contributed by atoms with van der Waals surface area (Å²) in [5.41, 5.74) is 6.06. The van der Waals surface area contributed by atoms with Gasteiger partial charge in [-0.25, -0.2) is 0 Å². The maximum absolute atomic E-state index is 6.25. The quantitative estimate of drug-likeness (QED) is 0.907. The molecule has 0 saturated heterocycles. The fourth-order valence-corrected chi connectivity index (χ4v) is 3.08. The molecule has 1 aliphatic heterocycles. The van der Waals surface area contributed by atoms with Gasteiger partial charge in [-0.05, 0) is 42.0 Å². The van der Waals surface area contributed by atoms with Crippen molar-refractivity contribution in [3.8, 4) is 5.75 Å². The first-order chi connectivity index (χ1) is 10.2. The van der Waals surface area contributed by atoms with Gasteiger partial charge in [0.05, 0.1) is 18.9 Å². The largest absolute Gasteiger partial charge is 0.497 e. The topological polar surface area (TPSA) is 33.6 Å². The van der Waals surface area contributed by atoms with E-state index in [4.69, 9.17) is 27.9 Å². The smallest absolute Gasteiger partial charge is 0.118 e. The maximum atomic E-state index is 6.25. The van der Waals surface area contributed by atoms with Crippen LogP contribution in [0.3, 0.4) is 0 Å². The number of methoxy groups -OCH3 is 1. The van der Waals surface area contributed by atoms with Crippen molar-refractivity contribution >= 4 is 28.9 Å². The van der Waals surface area contributed by atoms with E-state index in [1.807, 2.05) is 42.5 Å². The van der Waals surface area contributed by atoms with Crippen LogP contribution in [0.15, 0.2) is 47.6 Å². The van der Waals surface area contributed by atoms with E-state index in [1.54, 1.807) is 7.11 Å². The van der Waals surface area contributed by atoms with Crippen molar-refractivity contribution in [3.63, 3.8) is 0 Å². The summed E-state index contributed by atoms with van der Waals surface area (Å²) in [5.74, 6) is 0.830. The summed E-state index contributed by atoms with van der Waals surface area (Å²) >= 11 is 12.5. The Morgan fingerprint density at radius 3 is 2.38 bits per heavy atom. The van der Waals surface area contributed by atoms with Gasteiger partial charge in [0.1, 0.15) is 5.75 Å². The molecule has 1 aliphatic rings. The van der Waals surface area contributed by atoms with Crippen LogP contribution in [0.25, 0.3) is 0 Å². The Bertz CT molecular complexity index is 663. The van der Waals surface area contributed by atoms with Crippen LogP contribution in [0.4, 0.5) is 0 Å². The van der Waals surface area contributed by atoms with E-state index >= 15 is 0 Å². The second kappa shape index (κ2) is 5.96. The monoisotopic (exact) mass is 320 g/mol. The zero-order valence-electron chi connectivity index (χ0n) is 11.4. The summed E-state index contributed by atoms with van der Waals surface area (Å²) in [6, 6.07) is 13.4. The number of hydrazone groups is 1. The van der Waals surface area contributed by atoms with Gasteiger partial charge in [0.25, 0.3) is 0 Å². The van der Waals surface area contributed by atoms with Crippen molar-refractivity contribution in [2.24, 2.45) is 5.10 Å². The Hall–Kier alpha value is -1.71. The van der Waals surface area contributed by atoms with E-state index in [1.165, 1.54) is 0 Å². The second-order valence-corrected chi connectivity index (χ2v) is 5.62. The normalized spacial score (nSPS) is 17.3. The van der Waals surface area contributed by atoms with Crippen LogP contribution >= 0.6 is 23.2 Å². The first kappa shape index (κ1) is 14.2. The minimum Gasteiger partial charge on any atom is -0.497 e. The Labute approximate surface area is 133 Å². The molecule has 1 heterocycles. The molecule has 3 nitrogen and oxygen atoms in total. The van der Waals surface area contributed by atoms with Gasteiger partial charge in [-0.1, -0.05) is 29.3 Å². The minimum atomic E-state index is 0.00306. The van der Waals surface area contributed by atoms with Gasteiger partial charge < -0.3 is 10.2 Å². The molecule has 2 aromatic carbocycles. The summed E-state index contributed by atoms with van der Waals surface area (Å²) in [5, 5.41) is 5.73. The molecule has 0 bridgehead atoms. The number of hydrogen-bond acceptors (Lipinski definition) is 3. The number of ether oxygens (including phenoxy) is 1. The molecular formula is C16H14Cl2N2O. The molecule has 2 aromatic rings. The van der Waals surface area contributed by atoms with Crippen LogP contribution in [0, 0.1) is 0 Å². The van der Waals surface area contributed by atoms with Gasteiger partial charge in [0, 0.05) is 22.0 Å². The molecule has 5 heteroatoms. The van der Waals surface area contributed by atoms with E-state index in [9.17, 15) is 0 Å². The summed E-state index contributed by atoms with van der Waals surface area (Å²) < 4.78 is 5.16. The molecule has 0 fully saturated rings. The summed E-state index contributed by atoms with van der Waals surface area (Å²) in [7, 11) is 1.65. The van der Waals surface area contributed by atoms with Gasteiger partial charge >= 0.3 is 0 Å². The van der Waals surface area contributed by atoms with Crippen molar-refractivity contribution in [2.75, 3.05) is 7.11 Å². The number of nitrogens with zero attached hydrogens (tertiary/aromatic N) is 1. The standard InChI is InChI=1S/C16H14Cl2N2O/c1-21-11-7-5-10(6-8-11)14-9-15(20-19-14)16-12(17)3-2-4-13(16)18/h2-8,15,20H,9H2,1H3. The lowest BCUT2D eigenvalue weighted by atomic mass is 9.99. The van der Waals surface area contributed by atoms with Gasteiger partial charge in [-0.15, -0.1) is 0 Å².